The molecule has 0 aliphatic heterocycles. The van der Waals surface area contributed by atoms with Gasteiger partial charge in [0.15, 0.2) is 0 Å². The van der Waals surface area contributed by atoms with Gasteiger partial charge in [-0.2, -0.15) is 0 Å². The van der Waals surface area contributed by atoms with Crippen LogP contribution in [0.15, 0.2) is 24.3 Å². The van der Waals surface area contributed by atoms with Crippen LogP contribution in [-0.4, -0.2) is 17.1 Å². The molecule has 0 amide bonds. The van der Waals surface area contributed by atoms with Crippen LogP contribution in [0.1, 0.15) is 25.5 Å². The lowest BCUT2D eigenvalue weighted by Crippen LogP contribution is -2.33. The van der Waals surface area contributed by atoms with Crippen LogP contribution in [-0.2, 0) is 4.79 Å². The molecule has 2 N–H and O–H groups in total. The van der Waals surface area contributed by atoms with E-state index in [2.05, 4.69) is 5.32 Å². The molecule has 82 valence electrons. The van der Waals surface area contributed by atoms with Crippen LogP contribution < -0.4 is 5.32 Å². The van der Waals surface area contributed by atoms with Gasteiger partial charge in [-0.3, -0.25) is 10.1 Å². The fourth-order valence-electron chi connectivity index (χ4n) is 1.33. The summed E-state index contributed by atoms with van der Waals surface area (Å²) in [5.74, 6) is -0.897. The highest BCUT2D eigenvalue weighted by Gasteiger charge is 2.20. The molecule has 15 heavy (non-hydrogen) atoms. The van der Waals surface area contributed by atoms with Crippen molar-refractivity contribution < 1.29 is 9.90 Å². The highest BCUT2D eigenvalue weighted by molar-refractivity contribution is 6.30. The van der Waals surface area contributed by atoms with E-state index in [9.17, 15) is 4.79 Å². The Morgan fingerprint density at radius 2 is 2.13 bits per heavy atom. The molecule has 0 fully saturated rings. The molecule has 1 aromatic rings. The molecule has 4 heteroatoms. The second-order valence-electron chi connectivity index (χ2n) is 3.65. The number of rotatable bonds is 4. The average molecular weight is 228 g/mol. The number of nitrogens with one attached hydrogen (secondary N) is 1. The van der Waals surface area contributed by atoms with Gasteiger partial charge < -0.3 is 5.11 Å². The van der Waals surface area contributed by atoms with Gasteiger partial charge in [0.05, 0.1) is 0 Å². The lowest BCUT2D eigenvalue weighted by molar-refractivity contribution is -0.139. The van der Waals surface area contributed by atoms with Crippen molar-refractivity contribution in [1.29, 1.82) is 0 Å². The fourth-order valence-corrected chi connectivity index (χ4v) is 1.53. The normalized spacial score (nSPS) is 12.8. The molecular weight excluding hydrogens is 214 g/mol. The van der Waals surface area contributed by atoms with Crippen molar-refractivity contribution in [1.82, 2.24) is 5.32 Å². The van der Waals surface area contributed by atoms with Crippen molar-refractivity contribution >= 4 is 17.6 Å². The predicted octanol–water partition coefficient (Wildman–Crippen LogP) is 2.46. The molecule has 0 heterocycles. The van der Waals surface area contributed by atoms with Gasteiger partial charge >= 0.3 is 5.97 Å². The third kappa shape index (κ3) is 3.53. The van der Waals surface area contributed by atoms with Crippen LogP contribution in [0, 0.1) is 0 Å². The van der Waals surface area contributed by atoms with Gasteiger partial charge in [-0.1, -0.05) is 23.7 Å². The lowest BCUT2D eigenvalue weighted by Gasteiger charge is -2.17. The second-order valence-corrected chi connectivity index (χ2v) is 4.08. The van der Waals surface area contributed by atoms with Crippen LogP contribution in [0.5, 0.6) is 0 Å². The molecule has 0 aliphatic carbocycles. The van der Waals surface area contributed by atoms with Crippen LogP contribution >= 0.6 is 11.6 Å². The van der Waals surface area contributed by atoms with E-state index in [1.807, 2.05) is 13.8 Å². The Labute approximate surface area is 94.1 Å². The minimum absolute atomic E-state index is 0.102. The molecule has 0 radical (unpaired) electrons. The number of carboxylic acids is 1. The lowest BCUT2D eigenvalue weighted by atomic mass is 10.1. The third-order valence-corrected chi connectivity index (χ3v) is 2.16. The van der Waals surface area contributed by atoms with Gasteiger partial charge in [-0.05, 0) is 31.5 Å². The molecule has 3 nitrogen and oxygen atoms in total. The van der Waals surface area contributed by atoms with Gasteiger partial charge in [0, 0.05) is 11.1 Å². The zero-order valence-corrected chi connectivity index (χ0v) is 9.45. The minimum atomic E-state index is -0.897. The Balaban J connectivity index is 2.94. The molecular formula is C11H14ClNO2. The second kappa shape index (κ2) is 5.14. The largest absolute Gasteiger partial charge is 0.480 e. The number of hydrogen-bond donors (Lipinski definition) is 2. The van der Waals surface area contributed by atoms with Crippen LogP contribution in [0.4, 0.5) is 0 Å². The maximum atomic E-state index is 11.0. The first kappa shape index (κ1) is 12.0. The number of carbonyl (C=O) groups is 1. The van der Waals surface area contributed by atoms with Gasteiger partial charge in [-0.15, -0.1) is 0 Å². The predicted molar refractivity (Wildman–Crippen MR) is 60.1 cm³/mol. The number of benzene rings is 1. The molecule has 0 saturated carbocycles. The maximum absolute atomic E-state index is 11.0. The van der Waals surface area contributed by atoms with Gasteiger partial charge in [0.2, 0.25) is 0 Å². The van der Waals surface area contributed by atoms with E-state index < -0.39 is 12.0 Å². The molecule has 1 aromatic carbocycles. The molecule has 0 bridgehead atoms. The van der Waals surface area contributed by atoms with Gasteiger partial charge in [0.25, 0.3) is 0 Å². The van der Waals surface area contributed by atoms with E-state index >= 15 is 0 Å². The molecule has 1 unspecified atom stereocenters. The van der Waals surface area contributed by atoms with Crippen LogP contribution in [0.25, 0.3) is 0 Å². The van der Waals surface area contributed by atoms with Crippen molar-refractivity contribution in [2.45, 2.75) is 25.9 Å². The van der Waals surface area contributed by atoms with Crippen molar-refractivity contribution in [3.8, 4) is 0 Å². The number of aliphatic carboxylic acids is 1. The Hall–Kier alpha value is -1.06. The molecule has 0 aromatic heterocycles. The van der Waals surface area contributed by atoms with E-state index in [-0.39, 0.29) is 6.04 Å². The Morgan fingerprint density at radius 1 is 1.47 bits per heavy atom. The Bertz CT molecular complexity index is 352. The first-order valence-corrected chi connectivity index (χ1v) is 5.13. The zero-order valence-electron chi connectivity index (χ0n) is 8.70. The summed E-state index contributed by atoms with van der Waals surface area (Å²) >= 11 is 5.81. The van der Waals surface area contributed by atoms with Crippen LogP contribution in [0.3, 0.4) is 0 Å². The summed E-state index contributed by atoms with van der Waals surface area (Å²) in [6.45, 7) is 3.81. The molecule has 0 saturated heterocycles. The topological polar surface area (TPSA) is 49.3 Å². The SMILES string of the molecule is CC(C)NC(C(=O)O)c1cccc(Cl)c1. The van der Waals surface area contributed by atoms with Crippen LogP contribution in [0.2, 0.25) is 5.02 Å². The third-order valence-electron chi connectivity index (χ3n) is 1.93. The Kier molecular flexibility index (Phi) is 4.12. The summed E-state index contributed by atoms with van der Waals surface area (Å²) in [5, 5.41) is 12.6. The summed E-state index contributed by atoms with van der Waals surface area (Å²) in [6.07, 6.45) is 0. The highest BCUT2D eigenvalue weighted by Crippen LogP contribution is 2.18. The van der Waals surface area contributed by atoms with Crippen molar-refractivity contribution in [2.24, 2.45) is 0 Å². The molecule has 1 rings (SSSR count). The maximum Gasteiger partial charge on any atom is 0.325 e. The minimum Gasteiger partial charge on any atom is -0.480 e. The Morgan fingerprint density at radius 3 is 2.60 bits per heavy atom. The number of hydrogen-bond acceptors (Lipinski definition) is 2. The van der Waals surface area contributed by atoms with E-state index in [4.69, 9.17) is 16.7 Å². The van der Waals surface area contributed by atoms with Crippen molar-refractivity contribution in [2.75, 3.05) is 0 Å². The first-order chi connectivity index (χ1) is 7.00. The van der Waals surface area contributed by atoms with Gasteiger partial charge in [-0.25, -0.2) is 0 Å². The molecule has 1 atom stereocenters. The monoisotopic (exact) mass is 227 g/mol. The van der Waals surface area contributed by atoms with Crippen molar-refractivity contribution in [3.05, 3.63) is 34.9 Å². The average Bonchev–Trinajstić information content (AvgIpc) is 2.13. The number of halogens is 1. The van der Waals surface area contributed by atoms with Gasteiger partial charge in [0.1, 0.15) is 6.04 Å². The summed E-state index contributed by atoms with van der Waals surface area (Å²) in [5.41, 5.74) is 0.670. The first-order valence-electron chi connectivity index (χ1n) is 4.75. The van der Waals surface area contributed by atoms with Crippen molar-refractivity contribution in [3.63, 3.8) is 0 Å². The fraction of sp³-hybridized carbons (Fsp3) is 0.364. The molecule has 0 aliphatic rings. The van der Waals surface area contributed by atoms with E-state index in [1.54, 1.807) is 24.3 Å². The van der Waals surface area contributed by atoms with E-state index in [1.165, 1.54) is 0 Å². The summed E-state index contributed by atoms with van der Waals surface area (Å²) in [7, 11) is 0. The highest BCUT2D eigenvalue weighted by atomic mass is 35.5. The smallest absolute Gasteiger partial charge is 0.325 e. The summed E-state index contributed by atoms with van der Waals surface area (Å²) in [4.78, 5) is 11.0. The standard InChI is InChI=1S/C11H14ClNO2/c1-7(2)13-10(11(14)15)8-4-3-5-9(12)6-8/h3-7,10,13H,1-2H3,(H,14,15). The van der Waals surface area contributed by atoms with E-state index in [0.717, 1.165) is 0 Å². The summed E-state index contributed by atoms with van der Waals surface area (Å²) in [6, 6.07) is 6.28. The zero-order chi connectivity index (χ0) is 11.4. The molecule has 0 spiro atoms. The van der Waals surface area contributed by atoms with E-state index in [0.29, 0.717) is 10.6 Å². The number of carboxylic acid groups (broad SMARTS) is 1. The summed E-state index contributed by atoms with van der Waals surface area (Å²) < 4.78 is 0. The quantitative estimate of drug-likeness (QED) is 0.831.